The Morgan fingerprint density at radius 1 is 1.62 bits per heavy atom. The average molecular weight is 110 g/mol. The fourth-order valence-electron chi connectivity index (χ4n) is 0.556. The van der Waals surface area contributed by atoms with E-state index in [0.29, 0.717) is 5.82 Å². The second kappa shape index (κ2) is 1.58. The van der Waals surface area contributed by atoms with E-state index in [2.05, 4.69) is 17.0 Å². The van der Waals surface area contributed by atoms with E-state index < -0.39 is 0 Å². The zero-order valence-electron chi connectivity index (χ0n) is 5.05. The van der Waals surface area contributed by atoms with Crippen LogP contribution < -0.4 is 0 Å². The highest BCUT2D eigenvalue weighted by molar-refractivity contribution is 4.92. The molecular weight excluding hydrogens is 102 g/mol. The van der Waals surface area contributed by atoms with Crippen molar-refractivity contribution < 1.29 is 0 Å². The molecular formula is C5H8N3. The molecule has 1 rings (SSSR count). The smallest absolute Gasteiger partial charge is 0.147 e. The first-order valence-electron chi connectivity index (χ1n) is 2.40. The Morgan fingerprint density at radius 2 is 2.25 bits per heavy atom. The first kappa shape index (κ1) is 5.28. The van der Waals surface area contributed by atoms with Gasteiger partial charge in [-0.25, -0.2) is 4.98 Å². The Hall–Kier alpha value is -0.860. The summed E-state index contributed by atoms with van der Waals surface area (Å²) in [5.41, 5.74) is 0. The monoisotopic (exact) mass is 110 g/mol. The topological polar surface area (TPSA) is 30.7 Å². The van der Waals surface area contributed by atoms with Crippen molar-refractivity contribution in [3.05, 3.63) is 18.6 Å². The first-order chi connectivity index (χ1) is 3.70. The highest BCUT2D eigenvalue weighted by Crippen LogP contribution is 1.89. The van der Waals surface area contributed by atoms with Crippen molar-refractivity contribution >= 4 is 0 Å². The van der Waals surface area contributed by atoms with E-state index >= 15 is 0 Å². The summed E-state index contributed by atoms with van der Waals surface area (Å²) in [6.45, 7) is 5.47. The van der Waals surface area contributed by atoms with Gasteiger partial charge in [-0.1, -0.05) is 0 Å². The van der Waals surface area contributed by atoms with Gasteiger partial charge in [0.15, 0.2) is 0 Å². The molecule has 0 unspecified atom stereocenters. The van der Waals surface area contributed by atoms with E-state index in [1.54, 1.807) is 4.68 Å². The minimum absolute atomic E-state index is 0.711. The zero-order valence-corrected chi connectivity index (χ0v) is 5.05. The summed E-state index contributed by atoms with van der Waals surface area (Å²) < 4.78 is 1.65. The lowest BCUT2D eigenvalue weighted by molar-refractivity contribution is 0.741. The van der Waals surface area contributed by atoms with E-state index in [1.165, 1.54) is 0 Å². The maximum Gasteiger partial charge on any atom is 0.147 e. The van der Waals surface area contributed by atoms with Crippen LogP contribution in [0.4, 0.5) is 0 Å². The second-order valence-electron chi connectivity index (χ2n) is 1.70. The molecule has 1 heterocycles. The summed E-state index contributed by atoms with van der Waals surface area (Å²) in [5, 5.41) is 3.95. The van der Waals surface area contributed by atoms with Crippen LogP contribution in [0.25, 0.3) is 0 Å². The van der Waals surface area contributed by atoms with Crippen LogP contribution in [0.2, 0.25) is 0 Å². The van der Waals surface area contributed by atoms with Crippen LogP contribution in [0.1, 0.15) is 11.6 Å². The van der Waals surface area contributed by atoms with Gasteiger partial charge in [-0.05, 0) is 6.92 Å². The van der Waals surface area contributed by atoms with Crippen LogP contribution in [-0.4, -0.2) is 14.8 Å². The van der Waals surface area contributed by atoms with Gasteiger partial charge >= 0.3 is 0 Å². The molecule has 43 valence electrons. The average Bonchev–Trinajstić information content (AvgIpc) is 1.85. The molecule has 8 heavy (non-hydrogen) atoms. The fourth-order valence-corrected chi connectivity index (χ4v) is 0.556. The Balaban J connectivity index is 3.14. The molecule has 0 amide bonds. The van der Waals surface area contributed by atoms with Gasteiger partial charge in [0.25, 0.3) is 0 Å². The molecule has 3 nitrogen and oxygen atoms in total. The molecule has 0 aliphatic heterocycles. The van der Waals surface area contributed by atoms with Gasteiger partial charge in [0.1, 0.15) is 11.6 Å². The van der Waals surface area contributed by atoms with Crippen molar-refractivity contribution in [2.24, 2.45) is 7.05 Å². The quantitative estimate of drug-likeness (QED) is 0.481. The van der Waals surface area contributed by atoms with Gasteiger partial charge in [-0.15, -0.1) is 0 Å². The molecule has 0 atom stereocenters. The van der Waals surface area contributed by atoms with Gasteiger partial charge in [-0.3, -0.25) is 4.68 Å². The molecule has 3 heteroatoms. The molecule has 0 bridgehead atoms. The van der Waals surface area contributed by atoms with Crippen LogP contribution in [0.5, 0.6) is 0 Å². The van der Waals surface area contributed by atoms with Crippen molar-refractivity contribution in [3.63, 3.8) is 0 Å². The van der Waals surface area contributed by atoms with Crippen LogP contribution in [0.15, 0.2) is 0 Å². The number of hydrogen-bond acceptors (Lipinski definition) is 2. The van der Waals surface area contributed by atoms with Crippen LogP contribution in [0.3, 0.4) is 0 Å². The predicted octanol–water partition coefficient (Wildman–Crippen LogP) is 0.306. The predicted molar refractivity (Wildman–Crippen MR) is 30.2 cm³/mol. The Labute approximate surface area is 48.4 Å². The molecule has 0 aromatic carbocycles. The Kier molecular flexibility index (Phi) is 1.04. The highest BCUT2D eigenvalue weighted by atomic mass is 15.3. The molecule has 0 aliphatic carbocycles. The first-order valence-corrected chi connectivity index (χ1v) is 2.40. The third kappa shape index (κ3) is 0.710. The second-order valence-corrected chi connectivity index (χ2v) is 1.70. The van der Waals surface area contributed by atoms with Gasteiger partial charge < -0.3 is 0 Å². The summed E-state index contributed by atoms with van der Waals surface area (Å²) in [4.78, 5) is 3.95. The van der Waals surface area contributed by atoms with Gasteiger partial charge in [0, 0.05) is 14.0 Å². The SMILES string of the molecule is [CH2]c1nc(C)nn1C. The number of nitrogens with zero attached hydrogens (tertiary/aromatic N) is 3. The maximum absolute atomic E-state index is 3.95. The normalized spacial score (nSPS) is 9.88. The number of rotatable bonds is 0. The lowest BCUT2D eigenvalue weighted by Crippen LogP contribution is -1.92. The minimum Gasteiger partial charge on any atom is -0.253 e. The number of aromatic nitrogens is 3. The largest absolute Gasteiger partial charge is 0.253 e. The highest BCUT2D eigenvalue weighted by Gasteiger charge is 1.93. The Bertz CT molecular complexity index is 170. The van der Waals surface area contributed by atoms with E-state index in [4.69, 9.17) is 0 Å². The lowest BCUT2D eigenvalue weighted by atomic mass is 10.7. The van der Waals surface area contributed by atoms with Gasteiger partial charge in [0.2, 0.25) is 0 Å². The lowest BCUT2D eigenvalue weighted by Gasteiger charge is -1.84. The van der Waals surface area contributed by atoms with Crippen molar-refractivity contribution in [3.8, 4) is 0 Å². The summed E-state index contributed by atoms with van der Waals surface area (Å²) in [6.07, 6.45) is 0. The summed E-state index contributed by atoms with van der Waals surface area (Å²) in [7, 11) is 1.82. The molecule has 0 aliphatic rings. The molecule has 0 saturated heterocycles. The molecule has 1 aromatic heterocycles. The minimum atomic E-state index is 0.711. The van der Waals surface area contributed by atoms with E-state index in [-0.39, 0.29) is 0 Å². The van der Waals surface area contributed by atoms with Crippen molar-refractivity contribution in [2.75, 3.05) is 0 Å². The fraction of sp³-hybridized carbons (Fsp3) is 0.400. The number of hydrogen-bond donors (Lipinski definition) is 0. The molecule has 0 spiro atoms. The molecule has 0 N–H and O–H groups in total. The molecule has 0 saturated carbocycles. The standard InChI is InChI=1S/C5H8N3/c1-4-6-5(2)8(3)7-4/h2H2,1,3H3. The molecule has 1 aromatic rings. The van der Waals surface area contributed by atoms with Crippen molar-refractivity contribution in [1.82, 2.24) is 14.8 Å². The summed E-state index contributed by atoms with van der Waals surface area (Å²) in [5.74, 6) is 1.49. The van der Waals surface area contributed by atoms with Crippen molar-refractivity contribution in [2.45, 2.75) is 6.92 Å². The van der Waals surface area contributed by atoms with E-state index in [9.17, 15) is 0 Å². The van der Waals surface area contributed by atoms with Crippen LogP contribution in [0, 0.1) is 13.8 Å². The molecule has 0 fully saturated rings. The van der Waals surface area contributed by atoms with Crippen LogP contribution >= 0.6 is 0 Å². The van der Waals surface area contributed by atoms with E-state index in [0.717, 1.165) is 5.82 Å². The zero-order chi connectivity index (χ0) is 6.15. The third-order valence-corrected chi connectivity index (χ3v) is 0.959. The molecule has 1 radical (unpaired) electrons. The summed E-state index contributed by atoms with van der Waals surface area (Å²) in [6, 6.07) is 0. The Morgan fingerprint density at radius 3 is 2.38 bits per heavy atom. The number of aryl methyl sites for hydroxylation is 2. The maximum atomic E-state index is 3.95. The van der Waals surface area contributed by atoms with E-state index in [1.807, 2.05) is 14.0 Å². The van der Waals surface area contributed by atoms with Crippen LogP contribution in [-0.2, 0) is 7.05 Å². The van der Waals surface area contributed by atoms with Gasteiger partial charge in [-0.2, -0.15) is 5.10 Å². The van der Waals surface area contributed by atoms with Gasteiger partial charge in [0.05, 0.1) is 0 Å². The van der Waals surface area contributed by atoms with Crippen molar-refractivity contribution in [1.29, 1.82) is 0 Å². The third-order valence-electron chi connectivity index (χ3n) is 0.959. The summed E-state index contributed by atoms with van der Waals surface area (Å²) >= 11 is 0.